The van der Waals surface area contributed by atoms with Crippen molar-refractivity contribution in [2.75, 3.05) is 34.7 Å². The Hall–Kier alpha value is -2.62. The molecule has 0 saturated carbocycles. The van der Waals surface area contributed by atoms with Gasteiger partial charge in [0, 0.05) is 52.4 Å². The molecule has 2 rings (SSSR count). The molecule has 7 nitrogen and oxygen atoms in total. The highest BCUT2D eigenvalue weighted by atomic mass is 127. The van der Waals surface area contributed by atoms with Crippen molar-refractivity contribution in [3.8, 4) is 0 Å². The molecule has 162 valence electrons. The van der Waals surface area contributed by atoms with E-state index in [4.69, 9.17) is 0 Å². The average Bonchev–Trinajstić information content (AvgIpc) is 2.75. The Morgan fingerprint density at radius 1 is 0.967 bits per heavy atom. The molecule has 0 aliphatic heterocycles. The van der Waals surface area contributed by atoms with E-state index in [2.05, 4.69) is 20.9 Å². The number of benzene rings is 2. The molecule has 0 radical (unpaired) electrons. The average molecular weight is 523 g/mol. The van der Waals surface area contributed by atoms with Crippen LogP contribution in [0.3, 0.4) is 0 Å². The van der Waals surface area contributed by atoms with Crippen LogP contribution in [0, 0.1) is 0 Å². The molecule has 8 heteroatoms. The largest absolute Gasteiger partial charge is 0.356 e. The van der Waals surface area contributed by atoms with Gasteiger partial charge in [-0.15, -0.1) is 24.0 Å². The van der Waals surface area contributed by atoms with E-state index in [1.54, 1.807) is 45.2 Å². The fourth-order valence-electron chi connectivity index (χ4n) is 2.77. The van der Waals surface area contributed by atoms with Gasteiger partial charge in [0.25, 0.3) is 11.8 Å². The van der Waals surface area contributed by atoms with Gasteiger partial charge in [0.05, 0.1) is 0 Å². The standard InChI is InChI=1S/C22H29N5O2.HI/c1-23-20(28)18-10-8-17(9-11-18)15-26-22(24-2)25-13-12-16-6-5-7-19(14-16)21(29)27(3)4;/h5-11,14H,12-13,15H2,1-4H3,(H,23,28)(H2,24,25,26);1H. The number of nitrogens with zero attached hydrogens (tertiary/aromatic N) is 2. The fraction of sp³-hybridized carbons (Fsp3) is 0.318. The maximum atomic E-state index is 12.1. The van der Waals surface area contributed by atoms with Gasteiger partial charge in [-0.3, -0.25) is 14.6 Å². The molecule has 2 aromatic rings. The molecule has 0 atom stereocenters. The van der Waals surface area contributed by atoms with Gasteiger partial charge >= 0.3 is 0 Å². The molecule has 0 bridgehead atoms. The third-order valence-electron chi connectivity index (χ3n) is 4.41. The van der Waals surface area contributed by atoms with Gasteiger partial charge in [0.2, 0.25) is 0 Å². The summed E-state index contributed by atoms with van der Waals surface area (Å²) in [5.41, 5.74) is 3.46. The number of hydrogen-bond donors (Lipinski definition) is 3. The normalized spacial score (nSPS) is 10.6. The quantitative estimate of drug-likeness (QED) is 0.296. The Morgan fingerprint density at radius 3 is 2.27 bits per heavy atom. The SMILES string of the molecule is CN=C(NCCc1cccc(C(=O)N(C)C)c1)NCc1ccc(C(=O)NC)cc1.I. The molecular weight excluding hydrogens is 493 g/mol. The van der Waals surface area contributed by atoms with Crippen molar-refractivity contribution in [3.63, 3.8) is 0 Å². The minimum atomic E-state index is -0.0988. The fourth-order valence-corrected chi connectivity index (χ4v) is 2.77. The molecule has 2 amide bonds. The molecule has 0 spiro atoms. The first-order chi connectivity index (χ1) is 13.9. The highest BCUT2D eigenvalue weighted by Crippen LogP contribution is 2.08. The van der Waals surface area contributed by atoms with Crippen LogP contribution in [0.15, 0.2) is 53.5 Å². The molecule has 0 saturated heterocycles. The lowest BCUT2D eigenvalue weighted by atomic mass is 10.1. The van der Waals surface area contributed by atoms with Crippen LogP contribution in [0.4, 0.5) is 0 Å². The molecule has 0 aliphatic rings. The summed E-state index contributed by atoms with van der Waals surface area (Å²) in [5, 5.41) is 9.14. The Bertz CT molecular complexity index is 866. The second kappa shape index (κ2) is 12.8. The summed E-state index contributed by atoms with van der Waals surface area (Å²) < 4.78 is 0. The summed E-state index contributed by atoms with van der Waals surface area (Å²) >= 11 is 0. The van der Waals surface area contributed by atoms with Crippen LogP contribution >= 0.6 is 24.0 Å². The highest BCUT2D eigenvalue weighted by molar-refractivity contribution is 14.0. The smallest absolute Gasteiger partial charge is 0.253 e. The number of carbonyl (C=O) groups excluding carboxylic acids is 2. The predicted molar refractivity (Wildman–Crippen MR) is 132 cm³/mol. The van der Waals surface area contributed by atoms with Crippen LogP contribution in [-0.4, -0.2) is 57.4 Å². The van der Waals surface area contributed by atoms with E-state index in [0.717, 1.165) is 17.5 Å². The van der Waals surface area contributed by atoms with Crippen molar-refractivity contribution in [1.29, 1.82) is 0 Å². The van der Waals surface area contributed by atoms with E-state index < -0.39 is 0 Å². The van der Waals surface area contributed by atoms with Gasteiger partial charge in [-0.25, -0.2) is 0 Å². The lowest BCUT2D eigenvalue weighted by Crippen LogP contribution is -2.37. The van der Waals surface area contributed by atoms with Crippen molar-refractivity contribution < 1.29 is 9.59 Å². The maximum absolute atomic E-state index is 12.1. The van der Waals surface area contributed by atoms with Gasteiger partial charge in [-0.2, -0.15) is 0 Å². The molecular formula is C22H30IN5O2. The Labute approximate surface area is 195 Å². The summed E-state index contributed by atoms with van der Waals surface area (Å²) in [7, 11) is 6.83. The van der Waals surface area contributed by atoms with Gasteiger partial charge < -0.3 is 20.9 Å². The third-order valence-corrected chi connectivity index (χ3v) is 4.41. The lowest BCUT2D eigenvalue weighted by molar-refractivity contribution is 0.0827. The maximum Gasteiger partial charge on any atom is 0.253 e. The number of guanidine groups is 1. The van der Waals surface area contributed by atoms with Gasteiger partial charge in [0.15, 0.2) is 5.96 Å². The van der Waals surface area contributed by atoms with Crippen molar-refractivity contribution in [2.24, 2.45) is 4.99 Å². The molecule has 0 aromatic heterocycles. The van der Waals surface area contributed by atoms with Crippen LogP contribution in [0.1, 0.15) is 31.8 Å². The van der Waals surface area contributed by atoms with Crippen molar-refractivity contribution >= 4 is 41.8 Å². The number of amides is 2. The van der Waals surface area contributed by atoms with Crippen molar-refractivity contribution in [3.05, 3.63) is 70.8 Å². The van der Waals surface area contributed by atoms with Crippen molar-refractivity contribution in [1.82, 2.24) is 20.9 Å². The first kappa shape index (κ1) is 25.4. The van der Waals surface area contributed by atoms with Gasteiger partial charge in [-0.05, 0) is 41.8 Å². The second-order valence-corrected chi connectivity index (χ2v) is 6.78. The molecule has 30 heavy (non-hydrogen) atoms. The van der Waals surface area contributed by atoms with E-state index in [1.165, 1.54) is 0 Å². The molecule has 2 aromatic carbocycles. The Morgan fingerprint density at radius 2 is 1.67 bits per heavy atom. The first-order valence-corrected chi connectivity index (χ1v) is 9.50. The zero-order valence-corrected chi connectivity index (χ0v) is 20.2. The van der Waals surface area contributed by atoms with E-state index in [0.29, 0.717) is 30.2 Å². The van der Waals surface area contributed by atoms with E-state index in [-0.39, 0.29) is 35.8 Å². The molecule has 0 aliphatic carbocycles. The van der Waals surface area contributed by atoms with Gasteiger partial charge in [0.1, 0.15) is 0 Å². The van der Waals surface area contributed by atoms with Crippen LogP contribution in [0.2, 0.25) is 0 Å². The zero-order valence-electron chi connectivity index (χ0n) is 17.9. The topological polar surface area (TPSA) is 85.8 Å². The van der Waals surface area contributed by atoms with Crippen LogP contribution < -0.4 is 16.0 Å². The first-order valence-electron chi connectivity index (χ1n) is 9.50. The number of nitrogens with one attached hydrogen (secondary N) is 3. The number of carbonyl (C=O) groups is 2. The number of rotatable bonds is 7. The summed E-state index contributed by atoms with van der Waals surface area (Å²) in [6.45, 7) is 1.29. The van der Waals surface area contributed by atoms with Crippen molar-refractivity contribution in [2.45, 2.75) is 13.0 Å². The molecule has 0 heterocycles. The number of hydrogen-bond acceptors (Lipinski definition) is 3. The monoisotopic (exact) mass is 523 g/mol. The zero-order chi connectivity index (χ0) is 21.2. The van der Waals surface area contributed by atoms with E-state index in [9.17, 15) is 9.59 Å². The summed E-state index contributed by atoms with van der Waals surface area (Å²) in [4.78, 5) is 29.5. The molecule has 0 fully saturated rings. The number of aliphatic imine (C=N–C) groups is 1. The molecule has 3 N–H and O–H groups in total. The Balaban J connectivity index is 0.00000450. The minimum absolute atomic E-state index is 0. The van der Waals surface area contributed by atoms with E-state index in [1.807, 2.05) is 36.4 Å². The summed E-state index contributed by atoms with van der Waals surface area (Å²) in [6, 6.07) is 15.1. The summed E-state index contributed by atoms with van der Waals surface area (Å²) in [6.07, 6.45) is 0.774. The second-order valence-electron chi connectivity index (χ2n) is 6.78. The van der Waals surface area contributed by atoms with Gasteiger partial charge in [-0.1, -0.05) is 24.3 Å². The Kier molecular flexibility index (Phi) is 10.9. The van der Waals surface area contributed by atoms with Crippen LogP contribution in [0.5, 0.6) is 0 Å². The number of halogens is 1. The lowest BCUT2D eigenvalue weighted by Gasteiger charge is -2.13. The highest BCUT2D eigenvalue weighted by Gasteiger charge is 2.08. The third kappa shape index (κ3) is 7.66. The molecule has 0 unspecified atom stereocenters. The van der Waals surface area contributed by atoms with Crippen LogP contribution in [-0.2, 0) is 13.0 Å². The predicted octanol–water partition coefficient (Wildman–Crippen LogP) is 2.27. The van der Waals surface area contributed by atoms with E-state index >= 15 is 0 Å². The minimum Gasteiger partial charge on any atom is -0.356 e. The van der Waals surface area contributed by atoms with Crippen LogP contribution in [0.25, 0.3) is 0 Å². The summed E-state index contributed by atoms with van der Waals surface area (Å²) in [5.74, 6) is 0.596.